The zero-order valence-corrected chi connectivity index (χ0v) is 39.8. The van der Waals surface area contributed by atoms with Crippen LogP contribution in [-0.2, 0) is 21.7 Å². The number of nitrogen functional groups attached to an aromatic ring is 1. The van der Waals surface area contributed by atoms with Gasteiger partial charge in [0.15, 0.2) is 0 Å². The van der Waals surface area contributed by atoms with Crippen molar-refractivity contribution in [3.8, 4) is 20.9 Å². The summed E-state index contributed by atoms with van der Waals surface area (Å²) >= 11 is 1.36. The van der Waals surface area contributed by atoms with Crippen molar-refractivity contribution in [2.24, 2.45) is 0 Å². The zero-order chi connectivity index (χ0) is 45.6. The lowest BCUT2D eigenvalue weighted by atomic mass is 9.86. The molecule has 0 atom stereocenters. The van der Waals surface area contributed by atoms with Gasteiger partial charge in [-0.05, 0) is 128 Å². The standard InChI is InChI=1S/C56H62N4O2S/c1-53(2,3)39-17-29-45(30-18-39)58(46-31-19-40(20-32-46)54(4,5)6)43-25-13-37(14-26-43)51-49(57)50(60(61)62)52(63-51)38-15-27-44(28-16-38)59(47-33-21-41(22-34-47)55(7,8)9)48-35-23-42(24-36-48)56(10,11)12/h13-36H,57H2,1-12H3. The fourth-order valence-electron chi connectivity index (χ4n) is 7.89. The van der Waals surface area contributed by atoms with E-state index in [2.05, 4.69) is 202 Å². The molecule has 7 rings (SSSR count). The second-order valence-corrected chi connectivity index (χ2v) is 21.8. The topological polar surface area (TPSA) is 75.6 Å². The molecule has 0 fully saturated rings. The van der Waals surface area contributed by atoms with Gasteiger partial charge < -0.3 is 15.5 Å². The molecule has 6 nitrogen and oxygen atoms in total. The number of hydrogen-bond acceptors (Lipinski definition) is 6. The highest BCUT2D eigenvalue weighted by atomic mass is 32.1. The maximum Gasteiger partial charge on any atom is 0.311 e. The van der Waals surface area contributed by atoms with Gasteiger partial charge in [0.1, 0.15) is 10.6 Å². The molecular formula is C56H62N4O2S. The van der Waals surface area contributed by atoms with E-state index in [1.54, 1.807) is 0 Å². The van der Waals surface area contributed by atoms with Gasteiger partial charge in [-0.15, -0.1) is 11.3 Å². The van der Waals surface area contributed by atoms with E-state index in [9.17, 15) is 10.1 Å². The SMILES string of the molecule is CC(C)(C)c1ccc(N(c2ccc(-c3sc(-c4ccc(N(c5ccc(C(C)(C)C)cc5)c5ccc(C(C)(C)C)cc5)cc4)c([N+](=O)[O-])c3N)cc2)c2ccc(C(C)(C)C)cc2)cc1. The van der Waals surface area contributed by atoms with E-state index < -0.39 is 0 Å². The summed E-state index contributed by atoms with van der Waals surface area (Å²) < 4.78 is 0. The highest BCUT2D eigenvalue weighted by Gasteiger charge is 2.28. The van der Waals surface area contributed by atoms with E-state index in [1.807, 2.05) is 36.4 Å². The number of anilines is 7. The first-order valence-corrected chi connectivity index (χ1v) is 22.6. The van der Waals surface area contributed by atoms with E-state index in [0.717, 1.165) is 45.3 Å². The van der Waals surface area contributed by atoms with E-state index in [4.69, 9.17) is 5.73 Å². The molecule has 0 amide bonds. The molecular weight excluding hydrogens is 793 g/mol. The smallest absolute Gasteiger partial charge is 0.311 e. The quantitative estimate of drug-likeness (QED) is 0.116. The van der Waals surface area contributed by atoms with Gasteiger partial charge in [0, 0.05) is 34.1 Å². The molecule has 0 spiro atoms. The van der Waals surface area contributed by atoms with Crippen molar-refractivity contribution in [1.29, 1.82) is 0 Å². The van der Waals surface area contributed by atoms with Crippen LogP contribution in [0.2, 0.25) is 0 Å². The zero-order valence-electron chi connectivity index (χ0n) is 39.0. The average Bonchev–Trinajstić information content (AvgIpc) is 3.58. The first-order valence-electron chi connectivity index (χ1n) is 21.8. The number of nitro groups is 1. The molecule has 0 radical (unpaired) electrons. The summed E-state index contributed by atoms with van der Waals surface area (Å²) in [6, 6.07) is 51.1. The van der Waals surface area contributed by atoms with Crippen LogP contribution >= 0.6 is 11.3 Å². The fraction of sp³-hybridized carbons (Fsp3) is 0.286. The van der Waals surface area contributed by atoms with Crippen LogP contribution in [0.1, 0.15) is 105 Å². The summed E-state index contributed by atoms with van der Waals surface area (Å²) in [5, 5.41) is 12.7. The molecule has 0 saturated carbocycles. The van der Waals surface area contributed by atoms with Gasteiger partial charge in [-0.1, -0.05) is 156 Å². The van der Waals surface area contributed by atoms with Crippen LogP contribution in [0.3, 0.4) is 0 Å². The third kappa shape index (κ3) is 9.59. The Morgan fingerprint density at radius 3 is 0.841 bits per heavy atom. The van der Waals surface area contributed by atoms with Gasteiger partial charge in [0.25, 0.3) is 0 Å². The van der Waals surface area contributed by atoms with E-state index in [0.29, 0.717) is 9.75 Å². The molecule has 0 saturated heterocycles. The van der Waals surface area contributed by atoms with Gasteiger partial charge in [0.2, 0.25) is 0 Å². The first kappa shape index (κ1) is 44.9. The number of benzene rings is 6. The summed E-state index contributed by atoms with van der Waals surface area (Å²) in [6.45, 7) is 26.6. The van der Waals surface area contributed by atoms with Crippen LogP contribution in [0.25, 0.3) is 20.9 Å². The lowest BCUT2D eigenvalue weighted by molar-refractivity contribution is -0.382. The predicted molar refractivity (Wildman–Crippen MR) is 270 cm³/mol. The van der Waals surface area contributed by atoms with Crippen LogP contribution in [0.4, 0.5) is 45.5 Å². The Hall–Kier alpha value is -6.18. The van der Waals surface area contributed by atoms with Crippen molar-refractivity contribution >= 4 is 56.8 Å². The van der Waals surface area contributed by atoms with Gasteiger partial charge in [0.05, 0.1) is 9.80 Å². The Bertz CT molecular complexity index is 2570. The fourth-order valence-corrected chi connectivity index (χ4v) is 9.09. The molecule has 63 heavy (non-hydrogen) atoms. The molecule has 0 aliphatic carbocycles. The molecule has 7 aromatic rings. The maximum atomic E-state index is 12.7. The summed E-state index contributed by atoms with van der Waals surface area (Å²) in [4.78, 5) is 18.1. The van der Waals surface area contributed by atoms with Crippen LogP contribution in [0.15, 0.2) is 146 Å². The van der Waals surface area contributed by atoms with Crippen molar-refractivity contribution in [3.63, 3.8) is 0 Å². The number of hydrogen-bond donors (Lipinski definition) is 1. The van der Waals surface area contributed by atoms with Crippen LogP contribution in [0, 0.1) is 10.1 Å². The van der Waals surface area contributed by atoms with E-state index in [1.165, 1.54) is 33.6 Å². The van der Waals surface area contributed by atoms with Crippen LogP contribution in [-0.4, -0.2) is 4.92 Å². The van der Waals surface area contributed by atoms with Gasteiger partial charge in [-0.2, -0.15) is 0 Å². The van der Waals surface area contributed by atoms with Crippen LogP contribution < -0.4 is 15.5 Å². The second-order valence-electron chi connectivity index (χ2n) is 20.7. The van der Waals surface area contributed by atoms with Crippen molar-refractivity contribution in [2.75, 3.05) is 15.5 Å². The van der Waals surface area contributed by atoms with Crippen LogP contribution in [0.5, 0.6) is 0 Å². The second kappa shape index (κ2) is 16.8. The van der Waals surface area contributed by atoms with Gasteiger partial charge in [-0.25, -0.2) is 0 Å². The molecule has 6 aromatic carbocycles. The first-order chi connectivity index (χ1) is 29.5. The molecule has 0 aliphatic rings. The van der Waals surface area contributed by atoms with E-state index >= 15 is 0 Å². The molecule has 324 valence electrons. The molecule has 1 heterocycles. The summed E-state index contributed by atoms with van der Waals surface area (Å²) in [5.41, 5.74) is 19.6. The highest BCUT2D eigenvalue weighted by molar-refractivity contribution is 7.20. The largest absolute Gasteiger partial charge is 0.392 e. The maximum absolute atomic E-state index is 12.7. The lowest BCUT2D eigenvalue weighted by Gasteiger charge is -2.28. The monoisotopic (exact) mass is 854 g/mol. The number of nitrogens with two attached hydrogens (primary N) is 1. The molecule has 2 N–H and O–H groups in total. The van der Waals surface area contributed by atoms with Crippen molar-refractivity contribution in [1.82, 2.24) is 0 Å². The Kier molecular flexibility index (Phi) is 12.0. The summed E-state index contributed by atoms with van der Waals surface area (Å²) in [6.07, 6.45) is 0. The lowest BCUT2D eigenvalue weighted by Crippen LogP contribution is -2.14. The number of thiophene rings is 1. The summed E-state index contributed by atoms with van der Waals surface area (Å²) in [5.74, 6) is 0. The average molecular weight is 855 g/mol. The van der Waals surface area contributed by atoms with Crippen molar-refractivity contribution in [2.45, 2.75) is 105 Å². The minimum absolute atomic E-state index is 0.0235. The highest BCUT2D eigenvalue weighted by Crippen LogP contribution is 2.50. The Balaban J connectivity index is 1.25. The Morgan fingerprint density at radius 2 is 0.619 bits per heavy atom. The Morgan fingerprint density at radius 1 is 0.397 bits per heavy atom. The molecule has 0 aliphatic heterocycles. The van der Waals surface area contributed by atoms with Gasteiger partial charge >= 0.3 is 5.69 Å². The minimum Gasteiger partial charge on any atom is -0.392 e. The molecule has 1 aromatic heterocycles. The van der Waals surface area contributed by atoms with Crippen molar-refractivity contribution in [3.05, 3.63) is 178 Å². The van der Waals surface area contributed by atoms with Crippen molar-refractivity contribution < 1.29 is 4.92 Å². The molecule has 7 heteroatoms. The third-order valence-corrected chi connectivity index (χ3v) is 13.1. The number of rotatable bonds is 9. The minimum atomic E-state index is -0.350. The van der Waals surface area contributed by atoms with Gasteiger partial charge in [-0.3, -0.25) is 10.1 Å². The third-order valence-electron chi connectivity index (χ3n) is 11.8. The normalized spacial score (nSPS) is 12.3. The predicted octanol–water partition coefficient (Wildman–Crippen LogP) is 16.7. The van der Waals surface area contributed by atoms with E-state index in [-0.39, 0.29) is 38.0 Å². The molecule has 0 bridgehead atoms. The summed E-state index contributed by atoms with van der Waals surface area (Å²) in [7, 11) is 0. The Labute approximate surface area is 379 Å². The molecule has 0 unspecified atom stereocenters. The number of nitrogens with zero attached hydrogens (tertiary/aromatic N) is 3.